The summed E-state index contributed by atoms with van der Waals surface area (Å²) in [6.07, 6.45) is 0.825. The number of ether oxygens (including phenoxy) is 2. The van der Waals surface area contributed by atoms with E-state index in [4.69, 9.17) is 9.47 Å². The molecule has 1 aromatic heterocycles. The highest BCUT2D eigenvalue weighted by molar-refractivity contribution is 7.90. The molecule has 10 nitrogen and oxygen atoms in total. The van der Waals surface area contributed by atoms with Crippen LogP contribution in [-0.4, -0.2) is 44.0 Å². The van der Waals surface area contributed by atoms with Crippen molar-refractivity contribution >= 4 is 28.0 Å². The number of amides is 2. The van der Waals surface area contributed by atoms with Crippen LogP contribution in [0.25, 0.3) is 0 Å². The summed E-state index contributed by atoms with van der Waals surface area (Å²) in [5.74, 6) is -1.82. The van der Waals surface area contributed by atoms with Crippen molar-refractivity contribution in [3.05, 3.63) is 89.4 Å². The summed E-state index contributed by atoms with van der Waals surface area (Å²) in [6, 6.07) is 13.4. The van der Waals surface area contributed by atoms with E-state index in [0.717, 1.165) is 11.8 Å². The number of hydrogen-bond acceptors (Lipinski definition) is 8. The lowest BCUT2D eigenvalue weighted by Crippen LogP contribution is -2.30. The Balaban J connectivity index is 1.52. The molecule has 0 spiro atoms. The highest BCUT2D eigenvalue weighted by Gasteiger charge is 2.19. The fourth-order valence-corrected chi connectivity index (χ4v) is 4.01. The number of benzene rings is 2. The summed E-state index contributed by atoms with van der Waals surface area (Å²) in [5, 5.41) is 2.70. The van der Waals surface area contributed by atoms with Crippen LogP contribution in [0.1, 0.15) is 46.5 Å². The summed E-state index contributed by atoms with van der Waals surface area (Å²) in [5.41, 5.74) is 1.01. The van der Waals surface area contributed by atoms with Gasteiger partial charge in [0.1, 0.15) is 11.9 Å². The van der Waals surface area contributed by atoms with Crippen molar-refractivity contribution in [3.63, 3.8) is 0 Å². The standard InChI is InChI=1S/C26H26FN3O7S/c1-3-17(2)36-26(33)37-23-13-8-20(16-29-23)25(32)30-38(34,35)22-11-4-18(5-12-22)14-15-28-24(31)19-6-9-21(27)10-7-19/h4-13,16-17H,3,14-15H2,1-2H3,(H,28,31)(H,30,32)/t17-/m0/s1. The third-order valence-electron chi connectivity index (χ3n) is 5.33. The average molecular weight is 544 g/mol. The molecule has 0 radical (unpaired) electrons. The van der Waals surface area contributed by atoms with Crippen LogP contribution >= 0.6 is 0 Å². The predicted molar refractivity (Wildman–Crippen MR) is 135 cm³/mol. The van der Waals surface area contributed by atoms with Crippen LogP contribution in [0, 0.1) is 5.82 Å². The minimum Gasteiger partial charge on any atom is -0.431 e. The van der Waals surface area contributed by atoms with Gasteiger partial charge >= 0.3 is 6.16 Å². The molecule has 38 heavy (non-hydrogen) atoms. The molecule has 2 N–H and O–H groups in total. The minimum atomic E-state index is -4.18. The van der Waals surface area contributed by atoms with Gasteiger partial charge in [0.2, 0.25) is 5.88 Å². The Hall–Kier alpha value is -4.32. The number of carbonyl (C=O) groups is 3. The van der Waals surface area contributed by atoms with Crippen LogP contribution in [0.5, 0.6) is 5.88 Å². The van der Waals surface area contributed by atoms with Crippen molar-refractivity contribution in [3.8, 4) is 5.88 Å². The molecule has 1 atom stereocenters. The molecule has 0 saturated heterocycles. The van der Waals surface area contributed by atoms with Gasteiger partial charge in [-0.25, -0.2) is 27.3 Å². The zero-order chi connectivity index (χ0) is 27.7. The number of pyridine rings is 1. The Bertz CT molecular complexity index is 1380. The first-order chi connectivity index (χ1) is 18.1. The van der Waals surface area contributed by atoms with Crippen molar-refractivity contribution in [1.82, 2.24) is 15.0 Å². The molecular formula is C26H26FN3O7S. The number of rotatable bonds is 10. The minimum absolute atomic E-state index is 0.0651. The smallest absolute Gasteiger partial charge is 0.431 e. The van der Waals surface area contributed by atoms with Gasteiger partial charge in [0.05, 0.1) is 10.5 Å². The number of sulfonamides is 1. The maximum absolute atomic E-state index is 13.0. The topological polar surface area (TPSA) is 141 Å². The summed E-state index contributed by atoms with van der Waals surface area (Å²) in [7, 11) is -4.18. The van der Waals surface area contributed by atoms with Gasteiger partial charge in [-0.3, -0.25) is 9.59 Å². The van der Waals surface area contributed by atoms with E-state index in [0.29, 0.717) is 18.4 Å². The highest BCUT2D eigenvalue weighted by atomic mass is 32.2. The van der Waals surface area contributed by atoms with Crippen LogP contribution in [0.3, 0.4) is 0 Å². The molecule has 0 aliphatic rings. The van der Waals surface area contributed by atoms with Gasteiger partial charge in [-0.05, 0) is 67.8 Å². The van der Waals surface area contributed by atoms with E-state index in [-0.39, 0.29) is 34.9 Å². The molecule has 0 aliphatic carbocycles. The van der Waals surface area contributed by atoms with Crippen molar-refractivity contribution in [2.45, 2.75) is 37.7 Å². The van der Waals surface area contributed by atoms with E-state index in [1.807, 2.05) is 11.6 Å². The lowest BCUT2D eigenvalue weighted by atomic mass is 10.1. The van der Waals surface area contributed by atoms with Gasteiger partial charge in [0.15, 0.2) is 0 Å². The van der Waals surface area contributed by atoms with Gasteiger partial charge in [-0.1, -0.05) is 19.1 Å². The first kappa shape index (κ1) is 28.3. The van der Waals surface area contributed by atoms with E-state index >= 15 is 0 Å². The second-order valence-corrected chi connectivity index (χ2v) is 9.85. The van der Waals surface area contributed by atoms with Crippen LogP contribution in [0.2, 0.25) is 0 Å². The Morgan fingerprint density at radius 1 is 0.947 bits per heavy atom. The molecule has 2 aromatic carbocycles. The fourth-order valence-electron chi connectivity index (χ4n) is 3.03. The van der Waals surface area contributed by atoms with Crippen molar-refractivity contribution in [2.24, 2.45) is 0 Å². The third kappa shape index (κ3) is 8.10. The monoisotopic (exact) mass is 543 g/mol. The highest BCUT2D eigenvalue weighted by Crippen LogP contribution is 2.14. The average Bonchev–Trinajstić information content (AvgIpc) is 2.89. The molecule has 0 saturated carbocycles. The molecule has 12 heteroatoms. The molecule has 3 aromatic rings. The number of halogens is 1. The van der Waals surface area contributed by atoms with Crippen molar-refractivity contribution in [1.29, 1.82) is 0 Å². The summed E-state index contributed by atoms with van der Waals surface area (Å²) < 4.78 is 50.1. The molecule has 200 valence electrons. The molecule has 0 bridgehead atoms. The molecule has 0 fully saturated rings. The van der Waals surface area contributed by atoms with Gasteiger partial charge in [0.25, 0.3) is 21.8 Å². The summed E-state index contributed by atoms with van der Waals surface area (Å²) >= 11 is 0. The van der Waals surface area contributed by atoms with E-state index in [1.165, 1.54) is 48.5 Å². The van der Waals surface area contributed by atoms with Gasteiger partial charge in [0, 0.05) is 24.4 Å². The molecule has 0 unspecified atom stereocenters. The van der Waals surface area contributed by atoms with Crippen molar-refractivity contribution in [2.75, 3.05) is 6.54 Å². The summed E-state index contributed by atoms with van der Waals surface area (Å²) in [6.45, 7) is 3.82. The predicted octanol–water partition coefficient (Wildman–Crippen LogP) is 3.63. The van der Waals surface area contributed by atoms with Gasteiger partial charge in [-0.15, -0.1) is 0 Å². The van der Waals surface area contributed by atoms with Crippen LogP contribution in [0.15, 0.2) is 71.8 Å². The molecule has 1 heterocycles. The second kappa shape index (κ2) is 12.8. The zero-order valence-corrected chi connectivity index (χ0v) is 21.5. The Morgan fingerprint density at radius 2 is 1.61 bits per heavy atom. The van der Waals surface area contributed by atoms with Crippen molar-refractivity contribution < 1.29 is 36.7 Å². The first-order valence-electron chi connectivity index (χ1n) is 11.6. The zero-order valence-electron chi connectivity index (χ0n) is 20.6. The number of nitrogens with one attached hydrogen (secondary N) is 2. The van der Waals surface area contributed by atoms with Gasteiger partial charge in [-0.2, -0.15) is 0 Å². The summed E-state index contributed by atoms with van der Waals surface area (Å²) in [4.78, 5) is 39.9. The van der Waals surface area contributed by atoms with E-state index < -0.39 is 27.9 Å². The number of nitrogens with zero attached hydrogens (tertiary/aromatic N) is 1. The maximum Gasteiger partial charge on any atom is 0.515 e. The van der Waals surface area contributed by atoms with E-state index in [9.17, 15) is 27.2 Å². The Kier molecular flexibility index (Phi) is 9.49. The van der Waals surface area contributed by atoms with Crippen LogP contribution in [0.4, 0.5) is 9.18 Å². The molecule has 0 aliphatic heterocycles. The lowest BCUT2D eigenvalue weighted by molar-refractivity contribution is 0.0631. The number of hydrogen-bond donors (Lipinski definition) is 2. The quantitative estimate of drug-likeness (QED) is 0.370. The SMILES string of the molecule is CC[C@H](C)OC(=O)Oc1ccc(C(=O)NS(=O)(=O)c2ccc(CCNC(=O)c3ccc(F)cc3)cc2)cn1. The Morgan fingerprint density at radius 3 is 2.21 bits per heavy atom. The number of aromatic nitrogens is 1. The van der Waals surface area contributed by atoms with Gasteiger partial charge < -0.3 is 14.8 Å². The van der Waals surface area contributed by atoms with E-state index in [2.05, 4.69) is 10.3 Å². The molecular weight excluding hydrogens is 517 g/mol. The molecule has 2 amide bonds. The largest absolute Gasteiger partial charge is 0.515 e. The first-order valence-corrected chi connectivity index (χ1v) is 13.1. The third-order valence-corrected chi connectivity index (χ3v) is 6.67. The second-order valence-electron chi connectivity index (χ2n) is 8.17. The van der Waals surface area contributed by atoms with E-state index in [1.54, 1.807) is 19.1 Å². The number of carbonyl (C=O) groups excluding carboxylic acids is 3. The lowest BCUT2D eigenvalue weighted by Gasteiger charge is -2.10. The fraction of sp³-hybridized carbons (Fsp3) is 0.231. The normalized spacial score (nSPS) is 11.8. The maximum atomic E-state index is 13.0. The molecule has 3 rings (SSSR count). The van der Waals surface area contributed by atoms with Crippen LogP contribution in [-0.2, 0) is 21.2 Å². The Labute approximate surface area is 219 Å². The van der Waals surface area contributed by atoms with Crippen LogP contribution < -0.4 is 14.8 Å².